The van der Waals surface area contributed by atoms with Crippen LogP contribution in [0.1, 0.15) is 84.4 Å². The lowest BCUT2D eigenvalue weighted by Gasteiger charge is -2.35. The largest absolute Gasteiger partial charge is 0.379 e. The van der Waals surface area contributed by atoms with Gasteiger partial charge in [0, 0.05) is 25.2 Å². The van der Waals surface area contributed by atoms with Crippen molar-refractivity contribution >= 4 is 47.0 Å². The summed E-state index contributed by atoms with van der Waals surface area (Å²) < 4.78 is 0. The van der Waals surface area contributed by atoms with Gasteiger partial charge in [-0.15, -0.1) is 0 Å². The molecule has 19 heteroatoms. The number of nitrogens with zero attached hydrogens (tertiary/aromatic N) is 3. The number of H-pyrrole nitrogens is 1. The number of aromatic nitrogens is 2. The summed E-state index contributed by atoms with van der Waals surface area (Å²) in [5.41, 5.74) is 10.7. The first-order chi connectivity index (χ1) is 25.4. The fourth-order valence-electron chi connectivity index (χ4n) is 6.51. The number of likely N-dealkylation sites (tertiary alicyclic amines) is 2. The van der Waals surface area contributed by atoms with Crippen LogP contribution in [0.15, 0.2) is 12.6 Å². The Morgan fingerprint density at radius 3 is 1.53 bits per heavy atom. The van der Waals surface area contributed by atoms with Crippen molar-refractivity contribution in [2.75, 3.05) is 27.2 Å². The summed E-state index contributed by atoms with van der Waals surface area (Å²) in [5.74, 6) is -3.70. The SMILES string of the molecule is C=C(N[C@H]1C[C@@H](C(N)=O)N(C(=O)[C@@H](NC(=O)[C@H](C)NC)C(C)(C)C)C1)c1cc(C(=O)N[C@H]2C[C@@H](C(N)=O)N(C(=O)[C@@H](NC(=O)[C@H](C)NC)C(C)(C)C)C2)[nH]n1. The molecule has 0 radical (unpaired) electrons. The van der Waals surface area contributed by atoms with E-state index in [1.165, 1.54) is 15.9 Å². The summed E-state index contributed by atoms with van der Waals surface area (Å²) in [6, 6.07) is -4.65. The molecule has 2 aliphatic rings. The third-order valence-corrected chi connectivity index (χ3v) is 10.1. The molecule has 8 atom stereocenters. The molecule has 0 spiro atoms. The molecule has 0 aliphatic carbocycles. The molecule has 1 aromatic heterocycles. The van der Waals surface area contributed by atoms with E-state index in [1.807, 2.05) is 20.8 Å². The van der Waals surface area contributed by atoms with Gasteiger partial charge in [0.1, 0.15) is 35.6 Å². The number of primary amides is 2. The smallest absolute Gasteiger partial charge is 0.269 e. The maximum Gasteiger partial charge on any atom is 0.269 e. The molecule has 3 rings (SSSR count). The zero-order chi connectivity index (χ0) is 41.7. The quantitative estimate of drug-likeness (QED) is 0.0930. The molecule has 19 nitrogen and oxygen atoms in total. The predicted molar refractivity (Wildman–Crippen MR) is 204 cm³/mol. The number of rotatable bonds is 15. The Balaban J connectivity index is 1.70. The molecule has 0 saturated carbocycles. The van der Waals surface area contributed by atoms with Gasteiger partial charge < -0.3 is 53.2 Å². The molecule has 0 aromatic carbocycles. The zero-order valence-corrected chi connectivity index (χ0v) is 33.6. The number of hydrogen-bond donors (Lipinski definition) is 9. The van der Waals surface area contributed by atoms with E-state index < -0.39 is 88.7 Å². The normalized spacial score (nSPS) is 22.2. The highest BCUT2D eigenvalue weighted by Crippen LogP contribution is 2.28. The van der Waals surface area contributed by atoms with E-state index in [0.29, 0.717) is 5.70 Å². The molecule has 2 saturated heterocycles. The van der Waals surface area contributed by atoms with Crippen LogP contribution in [-0.4, -0.2) is 137 Å². The average molecular weight is 773 g/mol. The highest BCUT2D eigenvalue weighted by atomic mass is 16.2. The van der Waals surface area contributed by atoms with Crippen molar-refractivity contribution in [1.29, 1.82) is 0 Å². The van der Waals surface area contributed by atoms with E-state index >= 15 is 0 Å². The predicted octanol–water partition coefficient (Wildman–Crippen LogP) is -2.11. The number of amides is 7. The van der Waals surface area contributed by atoms with E-state index in [4.69, 9.17) is 11.5 Å². The van der Waals surface area contributed by atoms with Crippen LogP contribution in [0.5, 0.6) is 0 Å². The van der Waals surface area contributed by atoms with Gasteiger partial charge in [-0.05, 0) is 57.7 Å². The molecule has 11 N–H and O–H groups in total. The minimum absolute atomic E-state index is 0.0241. The maximum atomic E-state index is 13.9. The lowest BCUT2D eigenvalue weighted by molar-refractivity contribution is -0.143. The number of hydrogen-bond acceptors (Lipinski definition) is 11. The molecule has 3 heterocycles. The van der Waals surface area contributed by atoms with Crippen LogP contribution in [0.4, 0.5) is 0 Å². The van der Waals surface area contributed by atoms with Gasteiger partial charge in [-0.25, -0.2) is 0 Å². The van der Waals surface area contributed by atoms with E-state index in [2.05, 4.69) is 48.7 Å². The Hall–Kier alpha value is -5.04. The fraction of sp³-hybridized carbons (Fsp3) is 0.667. The van der Waals surface area contributed by atoms with Crippen molar-refractivity contribution in [3.8, 4) is 0 Å². The molecule has 55 heavy (non-hydrogen) atoms. The van der Waals surface area contributed by atoms with Gasteiger partial charge in [0.05, 0.1) is 17.8 Å². The van der Waals surface area contributed by atoms with Crippen LogP contribution >= 0.6 is 0 Å². The highest BCUT2D eigenvalue weighted by molar-refractivity contribution is 5.96. The van der Waals surface area contributed by atoms with Gasteiger partial charge in [-0.1, -0.05) is 48.1 Å². The summed E-state index contributed by atoms with van der Waals surface area (Å²) in [6.07, 6.45) is 0.230. The van der Waals surface area contributed by atoms with Crippen LogP contribution < -0.4 is 43.4 Å². The average Bonchev–Trinajstić information content (AvgIpc) is 3.86. The zero-order valence-electron chi connectivity index (χ0n) is 33.6. The molecular weight excluding hydrogens is 712 g/mol. The monoisotopic (exact) mass is 772 g/mol. The van der Waals surface area contributed by atoms with Crippen molar-refractivity contribution in [2.45, 2.75) is 117 Å². The van der Waals surface area contributed by atoms with Crippen molar-refractivity contribution in [3.63, 3.8) is 0 Å². The number of nitrogens with two attached hydrogens (primary N) is 2. The number of carbonyl (C=O) groups excluding carboxylic acids is 7. The summed E-state index contributed by atoms with van der Waals surface area (Å²) >= 11 is 0. The molecule has 0 unspecified atom stereocenters. The van der Waals surface area contributed by atoms with Crippen LogP contribution in [0.25, 0.3) is 5.70 Å². The van der Waals surface area contributed by atoms with Crippen LogP contribution in [-0.2, 0) is 28.8 Å². The Bertz CT molecular complexity index is 1530. The van der Waals surface area contributed by atoms with Gasteiger partial charge >= 0.3 is 0 Å². The summed E-state index contributed by atoms with van der Waals surface area (Å²) in [4.78, 5) is 94.1. The molecule has 1 aromatic rings. The lowest BCUT2D eigenvalue weighted by Crippen LogP contribution is -2.59. The second-order valence-electron chi connectivity index (χ2n) is 16.6. The van der Waals surface area contributed by atoms with Crippen molar-refractivity contribution in [3.05, 3.63) is 24.0 Å². The highest BCUT2D eigenvalue weighted by Gasteiger charge is 2.46. The summed E-state index contributed by atoms with van der Waals surface area (Å²) in [7, 11) is 3.26. The third kappa shape index (κ3) is 10.8. The molecule has 306 valence electrons. The number of nitrogens with one attached hydrogen (secondary N) is 7. The van der Waals surface area contributed by atoms with E-state index in [1.54, 1.807) is 48.7 Å². The third-order valence-electron chi connectivity index (χ3n) is 10.1. The van der Waals surface area contributed by atoms with Gasteiger partial charge in [0.25, 0.3) is 5.91 Å². The van der Waals surface area contributed by atoms with Crippen LogP contribution in [0.2, 0.25) is 0 Å². The Morgan fingerprint density at radius 1 is 0.764 bits per heavy atom. The molecule has 2 aliphatic heterocycles. The number of aromatic amines is 1. The molecule has 0 bridgehead atoms. The topological polar surface area (TPSA) is 279 Å². The van der Waals surface area contributed by atoms with E-state index in [0.717, 1.165) is 0 Å². The first-order valence-electron chi connectivity index (χ1n) is 18.4. The van der Waals surface area contributed by atoms with E-state index in [9.17, 15) is 33.6 Å². The Labute approximate surface area is 322 Å². The standard InChI is InChI=1S/C36H60N12O7/c1-17(41-20-12-24(28(37)49)47(15-20)33(54)26(35(4,5)6)43-30(51)18(2)39-10)22-14-23(46-45-22)32(53)42-21-13-25(29(38)50)48(16-21)34(55)27(36(7,8)9)44-31(52)19(3)40-11/h14,18-21,24-27,39-41H,1,12-13,15-16H2,2-11H3,(H2,37,49)(H2,38,50)(H,42,53)(H,43,51)(H,44,52)(H,45,46)/t18-,19-,20-,21-,24-,25-,26+,27+/m0/s1. The van der Waals surface area contributed by atoms with Crippen molar-refractivity contribution in [2.24, 2.45) is 22.3 Å². The van der Waals surface area contributed by atoms with Gasteiger partial charge in [0.2, 0.25) is 35.4 Å². The summed E-state index contributed by atoms with van der Waals surface area (Å²) in [5, 5.41) is 24.2. The van der Waals surface area contributed by atoms with Crippen molar-refractivity contribution < 1.29 is 33.6 Å². The minimum Gasteiger partial charge on any atom is -0.379 e. The molecule has 2 fully saturated rings. The fourth-order valence-corrected chi connectivity index (χ4v) is 6.51. The first kappa shape index (κ1) is 44.4. The van der Waals surface area contributed by atoms with Crippen LogP contribution in [0.3, 0.4) is 0 Å². The Morgan fingerprint density at radius 2 is 1.16 bits per heavy atom. The van der Waals surface area contributed by atoms with Gasteiger partial charge in [-0.2, -0.15) is 5.10 Å². The second kappa shape index (κ2) is 17.6. The van der Waals surface area contributed by atoms with Gasteiger partial charge in [0.15, 0.2) is 0 Å². The van der Waals surface area contributed by atoms with E-state index in [-0.39, 0.29) is 49.1 Å². The second-order valence-corrected chi connectivity index (χ2v) is 16.6. The Kier molecular flexibility index (Phi) is 14.2. The van der Waals surface area contributed by atoms with Crippen LogP contribution in [0, 0.1) is 10.8 Å². The van der Waals surface area contributed by atoms with Gasteiger partial charge in [-0.3, -0.25) is 38.7 Å². The minimum atomic E-state index is -1.02. The van der Waals surface area contributed by atoms with Crippen molar-refractivity contribution in [1.82, 2.24) is 51.9 Å². The molecular formula is C36H60N12O7. The molecule has 7 amide bonds. The number of carbonyl (C=O) groups is 7. The summed E-state index contributed by atoms with van der Waals surface area (Å²) in [6.45, 7) is 18.2. The first-order valence-corrected chi connectivity index (χ1v) is 18.4. The number of likely N-dealkylation sites (N-methyl/N-ethyl adjacent to an activating group) is 2. The maximum absolute atomic E-state index is 13.9. The lowest BCUT2D eigenvalue weighted by atomic mass is 9.85.